The summed E-state index contributed by atoms with van der Waals surface area (Å²) in [5.41, 5.74) is 3.33. The van der Waals surface area contributed by atoms with Crippen molar-refractivity contribution >= 4 is 17.3 Å². The third kappa shape index (κ3) is 2.98. The van der Waals surface area contributed by atoms with E-state index in [0.29, 0.717) is 0 Å². The molecule has 2 nitrogen and oxygen atoms in total. The molecule has 0 fully saturated rings. The van der Waals surface area contributed by atoms with Crippen LogP contribution >= 0.6 is 11.6 Å². The Kier molecular flexibility index (Phi) is 3.64. The van der Waals surface area contributed by atoms with Crippen molar-refractivity contribution in [2.45, 2.75) is 19.9 Å². The molecular weight excluding hydrogens is 232 g/mol. The Morgan fingerprint density at radius 1 is 1.18 bits per heavy atom. The number of aryl methyl sites for hydroxylation is 1. The molecule has 2 aromatic rings. The Hall–Kier alpha value is -1.54. The summed E-state index contributed by atoms with van der Waals surface area (Å²) < 4.78 is 0. The lowest BCUT2D eigenvalue weighted by molar-refractivity contribution is 0.880. The van der Waals surface area contributed by atoms with E-state index in [4.69, 9.17) is 11.6 Å². The van der Waals surface area contributed by atoms with Crippen LogP contribution in [0.15, 0.2) is 42.7 Å². The number of rotatable bonds is 3. The predicted molar refractivity (Wildman–Crippen MR) is 72.5 cm³/mol. The van der Waals surface area contributed by atoms with Gasteiger partial charge in [0.05, 0.1) is 0 Å². The van der Waals surface area contributed by atoms with Crippen LogP contribution in [0, 0.1) is 6.92 Å². The van der Waals surface area contributed by atoms with Gasteiger partial charge in [-0.15, -0.1) is 0 Å². The van der Waals surface area contributed by atoms with Gasteiger partial charge in [-0.25, -0.2) is 0 Å². The predicted octanol–water partition coefficient (Wildman–Crippen LogP) is 4.22. The van der Waals surface area contributed by atoms with Crippen LogP contribution in [0.1, 0.15) is 24.1 Å². The second-order valence-electron chi connectivity index (χ2n) is 4.11. The molecule has 2 rings (SSSR count). The molecule has 0 aliphatic heterocycles. The number of benzene rings is 1. The lowest BCUT2D eigenvalue weighted by atomic mass is 10.1. The first kappa shape index (κ1) is 11.9. The first-order valence-electron chi connectivity index (χ1n) is 5.59. The van der Waals surface area contributed by atoms with Gasteiger partial charge >= 0.3 is 0 Å². The second-order valence-corrected chi connectivity index (χ2v) is 4.52. The van der Waals surface area contributed by atoms with Crippen molar-refractivity contribution < 1.29 is 0 Å². The summed E-state index contributed by atoms with van der Waals surface area (Å²) in [5, 5.41) is 4.20. The molecule has 1 unspecified atom stereocenters. The van der Waals surface area contributed by atoms with E-state index in [2.05, 4.69) is 17.2 Å². The third-order valence-electron chi connectivity index (χ3n) is 2.76. The molecule has 0 saturated heterocycles. The number of anilines is 1. The van der Waals surface area contributed by atoms with Crippen molar-refractivity contribution in [1.29, 1.82) is 0 Å². The Bertz CT molecular complexity index is 497. The molecule has 1 aromatic heterocycles. The smallest absolute Gasteiger partial charge is 0.0486 e. The number of halogens is 1. The summed E-state index contributed by atoms with van der Waals surface area (Å²) in [7, 11) is 0. The number of hydrogen-bond acceptors (Lipinski definition) is 2. The van der Waals surface area contributed by atoms with Gasteiger partial charge in [0.15, 0.2) is 0 Å². The lowest BCUT2D eigenvalue weighted by Gasteiger charge is -2.16. The Labute approximate surface area is 107 Å². The van der Waals surface area contributed by atoms with Crippen LogP contribution in [0.2, 0.25) is 5.02 Å². The van der Waals surface area contributed by atoms with Gasteiger partial charge in [0.1, 0.15) is 0 Å². The van der Waals surface area contributed by atoms with Crippen LogP contribution in [0.3, 0.4) is 0 Å². The Morgan fingerprint density at radius 3 is 2.53 bits per heavy atom. The van der Waals surface area contributed by atoms with Gasteiger partial charge in [0, 0.05) is 29.1 Å². The van der Waals surface area contributed by atoms with Gasteiger partial charge in [0.2, 0.25) is 0 Å². The van der Waals surface area contributed by atoms with Crippen molar-refractivity contribution in [3.8, 4) is 0 Å². The highest BCUT2D eigenvalue weighted by Gasteiger charge is 2.05. The molecule has 3 heteroatoms. The Balaban J connectivity index is 2.13. The summed E-state index contributed by atoms with van der Waals surface area (Å²) in [4.78, 5) is 4.01. The fourth-order valence-corrected chi connectivity index (χ4v) is 1.85. The fraction of sp³-hybridized carbons (Fsp3) is 0.214. The number of aromatic nitrogens is 1. The molecule has 0 radical (unpaired) electrons. The topological polar surface area (TPSA) is 24.9 Å². The van der Waals surface area contributed by atoms with E-state index < -0.39 is 0 Å². The van der Waals surface area contributed by atoms with Crippen molar-refractivity contribution in [3.05, 3.63) is 58.9 Å². The van der Waals surface area contributed by atoms with Crippen molar-refractivity contribution in [3.63, 3.8) is 0 Å². The van der Waals surface area contributed by atoms with Crippen molar-refractivity contribution in [2.24, 2.45) is 0 Å². The normalized spacial score (nSPS) is 12.2. The molecule has 0 spiro atoms. The van der Waals surface area contributed by atoms with E-state index in [1.54, 1.807) is 12.4 Å². The van der Waals surface area contributed by atoms with E-state index in [1.807, 2.05) is 37.3 Å². The highest BCUT2D eigenvalue weighted by Crippen LogP contribution is 2.23. The number of pyridine rings is 1. The molecule has 17 heavy (non-hydrogen) atoms. The lowest BCUT2D eigenvalue weighted by Crippen LogP contribution is -2.06. The summed E-state index contributed by atoms with van der Waals surface area (Å²) in [6.45, 7) is 4.11. The monoisotopic (exact) mass is 246 g/mol. The van der Waals surface area contributed by atoms with E-state index in [1.165, 1.54) is 5.56 Å². The zero-order valence-electron chi connectivity index (χ0n) is 9.94. The van der Waals surface area contributed by atoms with Crippen LogP contribution in [-0.2, 0) is 0 Å². The summed E-state index contributed by atoms with van der Waals surface area (Å²) >= 11 is 6.09. The highest BCUT2D eigenvalue weighted by molar-refractivity contribution is 6.31. The van der Waals surface area contributed by atoms with Gasteiger partial charge in [0.25, 0.3) is 0 Å². The molecular formula is C14H15ClN2. The van der Waals surface area contributed by atoms with Crippen molar-refractivity contribution in [1.82, 2.24) is 4.98 Å². The molecule has 1 aromatic carbocycles. The Morgan fingerprint density at radius 2 is 1.88 bits per heavy atom. The molecule has 88 valence electrons. The minimum absolute atomic E-state index is 0.233. The van der Waals surface area contributed by atoms with Gasteiger partial charge < -0.3 is 5.32 Å². The van der Waals surface area contributed by atoms with E-state index >= 15 is 0 Å². The van der Waals surface area contributed by atoms with E-state index in [0.717, 1.165) is 16.3 Å². The summed E-state index contributed by atoms with van der Waals surface area (Å²) in [6.07, 6.45) is 3.60. The quantitative estimate of drug-likeness (QED) is 0.877. The first-order chi connectivity index (χ1) is 8.16. The maximum atomic E-state index is 6.09. The summed E-state index contributed by atoms with van der Waals surface area (Å²) in [5.74, 6) is 0. The number of nitrogens with zero attached hydrogens (tertiary/aromatic N) is 1. The largest absolute Gasteiger partial charge is 0.378 e. The maximum absolute atomic E-state index is 6.09. The van der Waals surface area contributed by atoms with E-state index in [-0.39, 0.29) is 6.04 Å². The van der Waals surface area contributed by atoms with Crippen LogP contribution in [0.5, 0.6) is 0 Å². The average molecular weight is 247 g/mol. The molecule has 1 atom stereocenters. The van der Waals surface area contributed by atoms with Gasteiger partial charge in [-0.2, -0.15) is 0 Å². The van der Waals surface area contributed by atoms with Gasteiger partial charge in [-0.3, -0.25) is 4.98 Å². The number of hydrogen-bond donors (Lipinski definition) is 1. The minimum Gasteiger partial charge on any atom is -0.378 e. The molecule has 0 aliphatic rings. The van der Waals surface area contributed by atoms with Crippen LogP contribution in [-0.4, -0.2) is 4.98 Å². The molecule has 0 bridgehead atoms. The summed E-state index contributed by atoms with van der Waals surface area (Å²) in [6, 6.07) is 10.3. The minimum atomic E-state index is 0.233. The SMILES string of the molecule is Cc1ccc(NC(C)c2ccncc2)cc1Cl. The van der Waals surface area contributed by atoms with Crippen LogP contribution in [0.25, 0.3) is 0 Å². The standard InChI is InChI=1S/C14H15ClN2/c1-10-3-4-13(9-14(10)15)17-11(2)12-5-7-16-8-6-12/h3-9,11,17H,1-2H3. The zero-order valence-corrected chi connectivity index (χ0v) is 10.7. The van der Waals surface area contributed by atoms with Crippen LogP contribution < -0.4 is 5.32 Å². The maximum Gasteiger partial charge on any atom is 0.0486 e. The highest BCUT2D eigenvalue weighted by atomic mass is 35.5. The first-order valence-corrected chi connectivity index (χ1v) is 5.97. The average Bonchev–Trinajstić information content (AvgIpc) is 2.35. The fourth-order valence-electron chi connectivity index (χ4n) is 1.67. The van der Waals surface area contributed by atoms with Crippen LogP contribution in [0.4, 0.5) is 5.69 Å². The van der Waals surface area contributed by atoms with Crippen molar-refractivity contribution in [2.75, 3.05) is 5.32 Å². The van der Waals surface area contributed by atoms with Gasteiger partial charge in [-0.05, 0) is 49.2 Å². The molecule has 1 heterocycles. The molecule has 0 aliphatic carbocycles. The molecule has 0 saturated carbocycles. The van der Waals surface area contributed by atoms with E-state index in [9.17, 15) is 0 Å². The zero-order chi connectivity index (χ0) is 12.3. The van der Waals surface area contributed by atoms with Gasteiger partial charge in [-0.1, -0.05) is 17.7 Å². The third-order valence-corrected chi connectivity index (χ3v) is 3.17. The molecule has 1 N–H and O–H groups in total. The molecule has 0 amide bonds. The number of nitrogens with one attached hydrogen (secondary N) is 1. The second kappa shape index (κ2) is 5.19.